The van der Waals surface area contributed by atoms with Crippen LogP contribution in [0.15, 0.2) is 6.07 Å². The Morgan fingerprint density at radius 2 is 2.17 bits per heavy atom. The molecule has 2 fully saturated rings. The Labute approximate surface area is 108 Å². The second kappa shape index (κ2) is 4.72. The molecule has 18 heavy (non-hydrogen) atoms. The van der Waals surface area contributed by atoms with Crippen molar-refractivity contribution in [3.63, 3.8) is 0 Å². The summed E-state index contributed by atoms with van der Waals surface area (Å²) < 4.78 is 5.17. The van der Waals surface area contributed by atoms with Gasteiger partial charge in [0.15, 0.2) is 0 Å². The first kappa shape index (κ1) is 11.7. The number of likely N-dealkylation sites (tertiary alicyclic amines) is 1. The van der Waals surface area contributed by atoms with Gasteiger partial charge in [0.25, 0.3) is 0 Å². The minimum absolute atomic E-state index is 0.504. The quantitative estimate of drug-likeness (QED) is 0.874. The fourth-order valence-electron chi connectivity index (χ4n) is 2.60. The summed E-state index contributed by atoms with van der Waals surface area (Å²) in [5.41, 5.74) is 0. The zero-order chi connectivity index (χ0) is 12.5. The summed E-state index contributed by atoms with van der Waals surface area (Å²) in [4.78, 5) is 11.2. The molecular weight excluding hydrogens is 228 g/mol. The topological polar surface area (TPSA) is 50.3 Å². The number of aryl methyl sites for hydroxylation is 1. The molecule has 0 aromatic carbocycles. The van der Waals surface area contributed by atoms with E-state index in [-0.39, 0.29) is 0 Å². The van der Waals surface area contributed by atoms with Crippen LogP contribution in [0.2, 0.25) is 0 Å². The summed E-state index contributed by atoms with van der Waals surface area (Å²) in [6, 6.07) is 3.23. The van der Waals surface area contributed by atoms with Gasteiger partial charge in [-0.2, -0.15) is 4.98 Å². The van der Waals surface area contributed by atoms with E-state index in [1.807, 2.05) is 13.0 Å². The van der Waals surface area contributed by atoms with Crippen molar-refractivity contribution < 1.29 is 4.74 Å². The number of hydrogen-bond donors (Lipinski definition) is 1. The number of nitrogens with one attached hydrogen (secondary N) is 1. The van der Waals surface area contributed by atoms with Crippen molar-refractivity contribution in [1.29, 1.82) is 0 Å². The maximum absolute atomic E-state index is 5.17. The van der Waals surface area contributed by atoms with E-state index in [1.54, 1.807) is 7.11 Å². The molecule has 1 aliphatic carbocycles. The highest BCUT2D eigenvalue weighted by molar-refractivity contribution is 5.39. The Kier molecular flexibility index (Phi) is 3.07. The maximum atomic E-state index is 5.17. The van der Waals surface area contributed by atoms with Crippen molar-refractivity contribution in [1.82, 2.24) is 14.9 Å². The molecule has 1 unspecified atom stereocenters. The average molecular weight is 248 g/mol. The van der Waals surface area contributed by atoms with Crippen LogP contribution in [0.3, 0.4) is 0 Å². The first-order valence-corrected chi connectivity index (χ1v) is 6.65. The monoisotopic (exact) mass is 248 g/mol. The molecule has 0 bridgehead atoms. The standard InChI is InChI=1S/C13H20N4O/c1-9-14-12(7-13(15-9)18-2)16-10-5-6-17(8-10)11-3-4-11/h7,10-11H,3-6,8H2,1-2H3,(H,14,15,16). The first-order chi connectivity index (χ1) is 8.74. The smallest absolute Gasteiger partial charge is 0.218 e. The van der Waals surface area contributed by atoms with E-state index in [0.29, 0.717) is 11.9 Å². The van der Waals surface area contributed by atoms with E-state index < -0.39 is 0 Å². The molecule has 0 amide bonds. The molecule has 2 aliphatic rings. The van der Waals surface area contributed by atoms with Crippen molar-refractivity contribution in [3.05, 3.63) is 11.9 Å². The number of ether oxygens (including phenoxy) is 1. The maximum Gasteiger partial charge on any atom is 0.218 e. The van der Waals surface area contributed by atoms with Crippen molar-refractivity contribution in [2.24, 2.45) is 0 Å². The van der Waals surface area contributed by atoms with Crippen LogP contribution < -0.4 is 10.1 Å². The van der Waals surface area contributed by atoms with Crippen LogP contribution in [0.1, 0.15) is 25.1 Å². The Morgan fingerprint density at radius 1 is 1.33 bits per heavy atom. The van der Waals surface area contributed by atoms with Crippen LogP contribution in [0, 0.1) is 6.92 Å². The van der Waals surface area contributed by atoms with Gasteiger partial charge in [-0.15, -0.1) is 0 Å². The van der Waals surface area contributed by atoms with Gasteiger partial charge < -0.3 is 10.1 Å². The lowest BCUT2D eigenvalue weighted by Gasteiger charge is -2.16. The third-order valence-electron chi connectivity index (χ3n) is 3.66. The molecule has 1 N–H and O–H groups in total. The van der Waals surface area contributed by atoms with E-state index in [4.69, 9.17) is 4.74 Å². The van der Waals surface area contributed by atoms with E-state index in [0.717, 1.165) is 24.2 Å². The van der Waals surface area contributed by atoms with Crippen LogP contribution in [-0.4, -0.2) is 47.2 Å². The number of aromatic nitrogens is 2. The van der Waals surface area contributed by atoms with Gasteiger partial charge in [-0.1, -0.05) is 0 Å². The SMILES string of the molecule is COc1cc(NC2CCN(C3CC3)C2)nc(C)n1. The highest BCUT2D eigenvalue weighted by Crippen LogP contribution is 2.30. The Morgan fingerprint density at radius 3 is 2.89 bits per heavy atom. The molecule has 0 spiro atoms. The van der Waals surface area contributed by atoms with Crippen molar-refractivity contribution in [2.75, 3.05) is 25.5 Å². The highest BCUT2D eigenvalue weighted by Gasteiger charge is 2.34. The van der Waals surface area contributed by atoms with Gasteiger partial charge in [-0.3, -0.25) is 4.90 Å². The van der Waals surface area contributed by atoms with Crippen LogP contribution in [-0.2, 0) is 0 Å². The Bertz CT molecular complexity index is 433. The van der Waals surface area contributed by atoms with Gasteiger partial charge in [-0.05, 0) is 26.2 Å². The van der Waals surface area contributed by atoms with Crippen molar-refractivity contribution >= 4 is 5.82 Å². The molecule has 1 atom stereocenters. The molecule has 3 rings (SSSR count). The molecule has 98 valence electrons. The molecule has 1 aliphatic heterocycles. The minimum atomic E-state index is 0.504. The van der Waals surface area contributed by atoms with Gasteiger partial charge >= 0.3 is 0 Å². The first-order valence-electron chi connectivity index (χ1n) is 6.65. The lowest BCUT2D eigenvalue weighted by molar-refractivity contribution is 0.326. The minimum Gasteiger partial charge on any atom is -0.481 e. The number of nitrogens with zero attached hydrogens (tertiary/aromatic N) is 3. The van der Waals surface area contributed by atoms with Crippen LogP contribution >= 0.6 is 0 Å². The Hall–Kier alpha value is -1.36. The van der Waals surface area contributed by atoms with E-state index in [1.165, 1.54) is 25.8 Å². The fraction of sp³-hybridized carbons (Fsp3) is 0.692. The zero-order valence-electron chi connectivity index (χ0n) is 11.0. The number of methoxy groups -OCH3 is 1. The summed E-state index contributed by atoms with van der Waals surface area (Å²) in [7, 11) is 1.63. The largest absolute Gasteiger partial charge is 0.481 e. The third-order valence-corrected chi connectivity index (χ3v) is 3.66. The van der Waals surface area contributed by atoms with Crippen molar-refractivity contribution in [3.8, 4) is 5.88 Å². The third kappa shape index (κ3) is 2.56. The number of rotatable bonds is 4. The molecule has 2 heterocycles. The molecular formula is C13H20N4O. The number of hydrogen-bond acceptors (Lipinski definition) is 5. The van der Waals surface area contributed by atoms with E-state index in [9.17, 15) is 0 Å². The van der Waals surface area contributed by atoms with Gasteiger partial charge in [0, 0.05) is 31.2 Å². The molecule has 1 aromatic heterocycles. The second-order valence-electron chi connectivity index (χ2n) is 5.20. The normalized spacial score (nSPS) is 24.2. The molecule has 5 nitrogen and oxygen atoms in total. The van der Waals surface area contributed by atoms with Gasteiger partial charge in [0.2, 0.25) is 5.88 Å². The molecule has 1 saturated carbocycles. The summed E-state index contributed by atoms with van der Waals surface area (Å²) in [6.07, 6.45) is 3.96. The van der Waals surface area contributed by atoms with Crippen LogP contribution in [0.5, 0.6) is 5.88 Å². The summed E-state index contributed by atoms with van der Waals surface area (Å²) in [5.74, 6) is 2.25. The predicted octanol–water partition coefficient (Wildman–Crippen LogP) is 1.44. The highest BCUT2D eigenvalue weighted by atomic mass is 16.5. The zero-order valence-corrected chi connectivity index (χ0v) is 11.0. The molecule has 5 heteroatoms. The molecule has 1 aromatic rings. The van der Waals surface area contributed by atoms with E-state index >= 15 is 0 Å². The van der Waals surface area contributed by atoms with Crippen LogP contribution in [0.4, 0.5) is 5.82 Å². The molecule has 0 radical (unpaired) electrons. The van der Waals surface area contributed by atoms with Gasteiger partial charge in [0.1, 0.15) is 11.6 Å². The summed E-state index contributed by atoms with van der Waals surface area (Å²) in [6.45, 7) is 4.23. The Balaban J connectivity index is 1.63. The second-order valence-corrected chi connectivity index (χ2v) is 5.20. The predicted molar refractivity (Wildman–Crippen MR) is 69.9 cm³/mol. The lowest BCUT2D eigenvalue weighted by Crippen LogP contribution is -2.28. The number of anilines is 1. The molecule has 1 saturated heterocycles. The average Bonchev–Trinajstić information content (AvgIpc) is 3.10. The van der Waals surface area contributed by atoms with Gasteiger partial charge in [0.05, 0.1) is 7.11 Å². The van der Waals surface area contributed by atoms with Crippen molar-refractivity contribution in [2.45, 2.75) is 38.3 Å². The fourth-order valence-corrected chi connectivity index (χ4v) is 2.60. The summed E-state index contributed by atoms with van der Waals surface area (Å²) in [5, 5.41) is 3.50. The van der Waals surface area contributed by atoms with Crippen LogP contribution in [0.25, 0.3) is 0 Å². The van der Waals surface area contributed by atoms with Gasteiger partial charge in [-0.25, -0.2) is 4.98 Å². The lowest BCUT2D eigenvalue weighted by atomic mass is 10.2. The summed E-state index contributed by atoms with van der Waals surface area (Å²) >= 11 is 0. The van der Waals surface area contributed by atoms with E-state index in [2.05, 4.69) is 20.2 Å².